The normalized spacial score (nSPS) is 12.3. The van der Waals surface area contributed by atoms with Gasteiger partial charge in [-0.15, -0.1) is 11.3 Å². The van der Waals surface area contributed by atoms with Gasteiger partial charge in [0.05, 0.1) is 5.75 Å². The molecule has 0 saturated heterocycles. The molecule has 0 spiro atoms. The van der Waals surface area contributed by atoms with Gasteiger partial charge in [-0.3, -0.25) is 4.79 Å². The van der Waals surface area contributed by atoms with Crippen LogP contribution in [0.5, 0.6) is 0 Å². The van der Waals surface area contributed by atoms with E-state index in [2.05, 4.69) is 48.2 Å². The molecule has 1 amide bonds. The van der Waals surface area contributed by atoms with Gasteiger partial charge >= 0.3 is 0 Å². The summed E-state index contributed by atoms with van der Waals surface area (Å²) in [4.78, 5) is 23.3. The minimum atomic E-state index is 0.0424. The second-order valence-electron chi connectivity index (χ2n) is 6.25. The van der Waals surface area contributed by atoms with Crippen LogP contribution < -0.4 is 5.32 Å². The molecule has 0 saturated carbocycles. The van der Waals surface area contributed by atoms with E-state index in [0.717, 1.165) is 21.7 Å². The van der Waals surface area contributed by atoms with Crippen molar-refractivity contribution in [2.45, 2.75) is 38.1 Å². The molecule has 4 nitrogen and oxygen atoms in total. The van der Waals surface area contributed by atoms with Crippen molar-refractivity contribution < 1.29 is 4.79 Å². The molecule has 0 bridgehead atoms. The highest BCUT2D eigenvalue weighted by Gasteiger charge is 2.15. The predicted octanol–water partition coefficient (Wildman–Crippen LogP) is 4.71. The van der Waals surface area contributed by atoms with Gasteiger partial charge in [-0.2, -0.15) is 0 Å². The lowest BCUT2D eigenvalue weighted by Crippen LogP contribution is -2.29. The van der Waals surface area contributed by atoms with E-state index in [4.69, 9.17) is 0 Å². The number of carbonyl (C=O) groups excluding carboxylic acids is 1. The molecule has 1 atom stereocenters. The van der Waals surface area contributed by atoms with Crippen LogP contribution >= 0.6 is 23.1 Å². The Kier molecular flexibility index (Phi) is 6.27. The van der Waals surface area contributed by atoms with Crippen molar-refractivity contribution in [3.05, 3.63) is 52.7 Å². The van der Waals surface area contributed by atoms with Gasteiger partial charge in [-0.25, -0.2) is 9.97 Å². The molecule has 0 aliphatic rings. The van der Waals surface area contributed by atoms with Crippen molar-refractivity contribution >= 4 is 39.2 Å². The third kappa shape index (κ3) is 4.24. The van der Waals surface area contributed by atoms with Crippen LogP contribution in [0.4, 0.5) is 0 Å². The number of thioether (sulfide) groups is 1. The van der Waals surface area contributed by atoms with Gasteiger partial charge in [0.15, 0.2) is 0 Å². The van der Waals surface area contributed by atoms with E-state index in [1.165, 1.54) is 27.8 Å². The second kappa shape index (κ2) is 8.64. The Hall–Kier alpha value is -1.92. The number of aryl methyl sites for hydroxylation is 2. The number of rotatable bonds is 7. The molecule has 1 N–H and O–H groups in total. The van der Waals surface area contributed by atoms with Gasteiger partial charge in [0.2, 0.25) is 5.91 Å². The minimum absolute atomic E-state index is 0.0424. The van der Waals surface area contributed by atoms with Crippen LogP contribution in [-0.4, -0.2) is 28.2 Å². The Morgan fingerprint density at radius 1 is 1.23 bits per heavy atom. The van der Waals surface area contributed by atoms with E-state index in [0.29, 0.717) is 18.2 Å². The van der Waals surface area contributed by atoms with E-state index in [-0.39, 0.29) is 5.91 Å². The molecule has 3 rings (SSSR count). The van der Waals surface area contributed by atoms with Crippen molar-refractivity contribution in [2.24, 2.45) is 0 Å². The van der Waals surface area contributed by atoms with E-state index in [1.54, 1.807) is 17.7 Å². The molecular weight excluding hydrogens is 362 g/mol. The third-order valence-corrected chi connectivity index (χ3v) is 6.68. The average molecular weight is 386 g/mol. The molecule has 2 aromatic heterocycles. The summed E-state index contributed by atoms with van der Waals surface area (Å²) in [6, 6.07) is 10.3. The maximum absolute atomic E-state index is 12.3. The Morgan fingerprint density at radius 3 is 2.73 bits per heavy atom. The van der Waals surface area contributed by atoms with E-state index >= 15 is 0 Å². The molecular formula is C20H23N3OS2. The van der Waals surface area contributed by atoms with Crippen LogP contribution in [0, 0.1) is 13.8 Å². The Balaban J connectivity index is 1.59. The number of hydrogen-bond donors (Lipinski definition) is 1. The fraction of sp³-hybridized carbons (Fsp3) is 0.350. The molecule has 1 aromatic carbocycles. The number of fused-ring (bicyclic) bond motifs is 1. The van der Waals surface area contributed by atoms with E-state index in [9.17, 15) is 4.79 Å². The number of amides is 1. The first kappa shape index (κ1) is 18.9. The third-order valence-electron chi connectivity index (χ3n) is 4.58. The number of aromatic nitrogens is 2. The summed E-state index contributed by atoms with van der Waals surface area (Å²) >= 11 is 3.16. The maximum atomic E-state index is 12.3. The standard InChI is InChI=1S/C20H23N3OS2/c1-4-15(16-8-6-5-7-9-16)10-21-17(24)11-25-19-18-13(2)14(3)26-20(18)23-12-22-19/h5-9,12,15H,4,10-11H2,1-3H3,(H,21,24). The summed E-state index contributed by atoms with van der Waals surface area (Å²) in [6.45, 7) is 7.00. The largest absolute Gasteiger partial charge is 0.355 e. The molecule has 0 fully saturated rings. The summed E-state index contributed by atoms with van der Waals surface area (Å²) in [5.41, 5.74) is 2.48. The quantitative estimate of drug-likeness (QED) is 0.473. The van der Waals surface area contributed by atoms with Crippen LogP contribution in [0.2, 0.25) is 0 Å². The monoisotopic (exact) mass is 385 g/mol. The summed E-state index contributed by atoms with van der Waals surface area (Å²) in [6.07, 6.45) is 2.58. The first-order valence-corrected chi connectivity index (χ1v) is 10.6. The highest BCUT2D eigenvalue weighted by molar-refractivity contribution is 8.00. The first-order valence-electron chi connectivity index (χ1n) is 8.75. The van der Waals surface area contributed by atoms with Crippen molar-refractivity contribution in [3.63, 3.8) is 0 Å². The van der Waals surface area contributed by atoms with Crippen LogP contribution in [0.25, 0.3) is 10.2 Å². The van der Waals surface area contributed by atoms with Crippen LogP contribution in [0.3, 0.4) is 0 Å². The fourth-order valence-corrected chi connectivity index (χ4v) is 4.85. The summed E-state index contributed by atoms with van der Waals surface area (Å²) < 4.78 is 0. The minimum Gasteiger partial charge on any atom is -0.355 e. The SMILES string of the molecule is CCC(CNC(=O)CSc1ncnc2sc(C)c(C)c12)c1ccccc1. The number of carbonyl (C=O) groups is 1. The lowest BCUT2D eigenvalue weighted by Gasteiger charge is -2.16. The van der Waals surface area contributed by atoms with Gasteiger partial charge in [-0.05, 0) is 31.4 Å². The molecule has 0 radical (unpaired) electrons. The smallest absolute Gasteiger partial charge is 0.230 e. The number of hydrogen-bond acceptors (Lipinski definition) is 5. The molecule has 0 aliphatic heterocycles. The van der Waals surface area contributed by atoms with Gasteiger partial charge in [0, 0.05) is 22.7 Å². The van der Waals surface area contributed by atoms with E-state index < -0.39 is 0 Å². The summed E-state index contributed by atoms with van der Waals surface area (Å²) in [7, 11) is 0. The second-order valence-corrected chi connectivity index (χ2v) is 8.42. The van der Waals surface area contributed by atoms with Gasteiger partial charge in [0.1, 0.15) is 16.2 Å². The molecule has 6 heteroatoms. The fourth-order valence-electron chi connectivity index (χ4n) is 2.90. The summed E-state index contributed by atoms with van der Waals surface area (Å²) in [5, 5.41) is 5.05. The lowest BCUT2D eigenvalue weighted by atomic mass is 9.96. The van der Waals surface area contributed by atoms with Crippen molar-refractivity contribution in [2.75, 3.05) is 12.3 Å². The number of benzene rings is 1. The zero-order chi connectivity index (χ0) is 18.5. The van der Waals surface area contributed by atoms with Crippen molar-refractivity contribution in [1.29, 1.82) is 0 Å². The lowest BCUT2D eigenvalue weighted by molar-refractivity contribution is -0.118. The molecule has 136 valence electrons. The van der Waals surface area contributed by atoms with Crippen LogP contribution in [0.15, 0.2) is 41.7 Å². The van der Waals surface area contributed by atoms with Gasteiger partial charge < -0.3 is 5.32 Å². The predicted molar refractivity (Wildman–Crippen MR) is 110 cm³/mol. The molecule has 2 heterocycles. The van der Waals surface area contributed by atoms with Crippen LogP contribution in [-0.2, 0) is 4.79 Å². The van der Waals surface area contributed by atoms with Crippen molar-refractivity contribution in [1.82, 2.24) is 15.3 Å². The molecule has 0 aliphatic carbocycles. The van der Waals surface area contributed by atoms with Gasteiger partial charge in [0.25, 0.3) is 0 Å². The van der Waals surface area contributed by atoms with Crippen molar-refractivity contribution in [3.8, 4) is 0 Å². The Bertz CT molecular complexity index is 893. The number of nitrogens with one attached hydrogen (secondary N) is 1. The zero-order valence-corrected chi connectivity index (χ0v) is 16.9. The molecule has 26 heavy (non-hydrogen) atoms. The summed E-state index contributed by atoms with van der Waals surface area (Å²) in [5.74, 6) is 0.754. The Labute approximate surface area is 162 Å². The molecule has 3 aromatic rings. The zero-order valence-electron chi connectivity index (χ0n) is 15.3. The van der Waals surface area contributed by atoms with E-state index in [1.807, 2.05) is 18.2 Å². The molecule has 1 unspecified atom stereocenters. The first-order chi connectivity index (χ1) is 12.6. The highest BCUT2D eigenvalue weighted by Crippen LogP contribution is 2.34. The maximum Gasteiger partial charge on any atom is 0.230 e. The highest BCUT2D eigenvalue weighted by atomic mass is 32.2. The van der Waals surface area contributed by atoms with Gasteiger partial charge in [-0.1, -0.05) is 49.0 Å². The number of thiophene rings is 1. The Morgan fingerprint density at radius 2 is 2.00 bits per heavy atom. The average Bonchev–Trinajstić information content (AvgIpc) is 2.96. The van der Waals surface area contributed by atoms with Crippen LogP contribution in [0.1, 0.15) is 35.3 Å². The topological polar surface area (TPSA) is 54.9 Å². The number of nitrogens with zero attached hydrogens (tertiary/aromatic N) is 2.